The highest BCUT2D eigenvalue weighted by Gasteiger charge is 2.04. The van der Waals surface area contributed by atoms with Gasteiger partial charge in [0, 0.05) is 6.20 Å². The molecule has 0 bridgehead atoms. The van der Waals surface area contributed by atoms with Gasteiger partial charge in [-0.05, 0) is 18.6 Å². The van der Waals surface area contributed by atoms with Gasteiger partial charge >= 0.3 is 0 Å². The van der Waals surface area contributed by atoms with Gasteiger partial charge in [-0.25, -0.2) is 4.68 Å². The first-order valence-corrected chi connectivity index (χ1v) is 4.72. The van der Waals surface area contributed by atoms with Crippen LogP contribution in [-0.4, -0.2) is 20.0 Å². The number of alkyl halides is 1. The number of pyridine rings is 1. The van der Waals surface area contributed by atoms with Gasteiger partial charge in [0.2, 0.25) is 0 Å². The van der Waals surface area contributed by atoms with E-state index >= 15 is 0 Å². The number of hydrogen-bond donors (Lipinski definition) is 0. The van der Waals surface area contributed by atoms with Crippen LogP contribution in [0.1, 0.15) is 11.3 Å². The predicted molar refractivity (Wildman–Crippen MR) is 53.4 cm³/mol. The quantitative estimate of drug-likeness (QED) is 0.706. The van der Waals surface area contributed by atoms with Crippen molar-refractivity contribution >= 4 is 11.6 Å². The van der Waals surface area contributed by atoms with Gasteiger partial charge in [0.1, 0.15) is 0 Å². The summed E-state index contributed by atoms with van der Waals surface area (Å²) in [5, 5.41) is 7.74. The summed E-state index contributed by atoms with van der Waals surface area (Å²) in [7, 11) is 0. The highest BCUT2D eigenvalue weighted by atomic mass is 35.5. The van der Waals surface area contributed by atoms with Crippen molar-refractivity contribution in [3.8, 4) is 5.69 Å². The van der Waals surface area contributed by atoms with Crippen molar-refractivity contribution in [1.29, 1.82) is 0 Å². The number of nitrogens with zero attached hydrogens (tertiary/aromatic N) is 4. The molecule has 2 aromatic heterocycles. The Kier molecular flexibility index (Phi) is 2.45. The lowest BCUT2D eigenvalue weighted by Gasteiger charge is -2.03. The van der Waals surface area contributed by atoms with E-state index in [1.54, 1.807) is 23.3 Å². The summed E-state index contributed by atoms with van der Waals surface area (Å²) in [6.07, 6.45) is 5.17. The molecule has 0 radical (unpaired) electrons. The third-order valence-corrected chi connectivity index (χ3v) is 2.14. The molecule has 0 spiro atoms. The summed E-state index contributed by atoms with van der Waals surface area (Å²) < 4.78 is 1.69. The van der Waals surface area contributed by atoms with E-state index in [9.17, 15) is 0 Å². The summed E-state index contributed by atoms with van der Waals surface area (Å²) in [5.41, 5.74) is 2.83. The molecule has 0 saturated heterocycles. The molecule has 0 unspecified atom stereocenters. The van der Waals surface area contributed by atoms with Crippen molar-refractivity contribution in [1.82, 2.24) is 20.0 Å². The maximum Gasteiger partial charge on any atom is 0.0853 e. The topological polar surface area (TPSA) is 43.6 Å². The zero-order valence-corrected chi connectivity index (χ0v) is 8.44. The molecule has 4 nitrogen and oxygen atoms in total. The summed E-state index contributed by atoms with van der Waals surface area (Å²) in [4.78, 5) is 4.08. The largest absolute Gasteiger partial charge is 0.262 e. The van der Waals surface area contributed by atoms with Gasteiger partial charge in [-0.3, -0.25) is 4.98 Å². The van der Waals surface area contributed by atoms with E-state index in [4.69, 9.17) is 11.6 Å². The van der Waals surface area contributed by atoms with Crippen molar-refractivity contribution in [3.05, 3.63) is 35.9 Å². The Bertz CT molecular complexity index is 438. The first-order chi connectivity index (χ1) is 6.81. The monoisotopic (exact) mass is 208 g/mol. The van der Waals surface area contributed by atoms with E-state index in [2.05, 4.69) is 15.3 Å². The average molecular weight is 209 g/mol. The first-order valence-electron chi connectivity index (χ1n) is 4.19. The predicted octanol–water partition coefficient (Wildman–Crippen LogP) is 1.71. The van der Waals surface area contributed by atoms with Crippen LogP contribution in [0.25, 0.3) is 5.69 Å². The lowest BCUT2D eigenvalue weighted by atomic mass is 10.3. The fourth-order valence-electron chi connectivity index (χ4n) is 1.22. The number of halogens is 1. The van der Waals surface area contributed by atoms with Crippen LogP contribution in [-0.2, 0) is 5.88 Å². The molecule has 0 atom stereocenters. The van der Waals surface area contributed by atoms with E-state index in [-0.39, 0.29) is 0 Å². The molecule has 0 N–H and O–H groups in total. The van der Waals surface area contributed by atoms with Crippen LogP contribution in [0, 0.1) is 6.92 Å². The minimum Gasteiger partial charge on any atom is -0.262 e. The van der Waals surface area contributed by atoms with Crippen LogP contribution >= 0.6 is 11.6 Å². The van der Waals surface area contributed by atoms with Gasteiger partial charge in [0.25, 0.3) is 0 Å². The van der Waals surface area contributed by atoms with Gasteiger partial charge < -0.3 is 0 Å². The molecule has 5 heteroatoms. The van der Waals surface area contributed by atoms with Crippen LogP contribution in [0.15, 0.2) is 24.7 Å². The van der Waals surface area contributed by atoms with Gasteiger partial charge in [0.15, 0.2) is 0 Å². The molecular formula is C9H9ClN4. The Morgan fingerprint density at radius 3 is 2.93 bits per heavy atom. The molecule has 0 amide bonds. The fraction of sp³-hybridized carbons (Fsp3) is 0.222. The molecule has 72 valence electrons. The second-order valence-electron chi connectivity index (χ2n) is 2.99. The van der Waals surface area contributed by atoms with E-state index in [0.717, 1.165) is 16.9 Å². The maximum absolute atomic E-state index is 5.74. The standard InChI is InChI=1S/C9H9ClN4/c1-7-2-8(5-11-4-7)14-9(3-10)6-12-13-14/h2,4-6H,3H2,1H3. The van der Waals surface area contributed by atoms with Crippen LogP contribution in [0.2, 0.25) is 0 Å². The smallest absolute Gasteiger partial charge is 0.0853 e. The van der Waals surface area contributed by atoms with Gasteiger partial charge in [-0.1, -0.05) is 5.21 Å². The van der Waals surface area contributed by atoms with Crippen LogP contribution in [0.3, 0.4) is 0 Å². The van der Waals surface area contributed by atoms with E-state index in [1.807, 2.05) is 13.0 Å². The van der Waals surface area contributed by atoms with Crippen molar-refractivity contribution in [2.24, 2.45) is 0 Å². The molecule has 2 heterocycles. The molecule has 0 aromatic carbocycles. The van der Waals surface area contributed by atoms with Crippen LogP contribution < -0.4 is 0 Å². The summed E-state index contributed by atoms with van der Waals surface area (Å²) in [6, 6.07) is 1.98. The molecule has 0 aliphatic heterocycles. The van der Waals surface area contributed by atoms with Crippen molar-refractivity contribution in [2.45, 2.75) is 12.8 Å². The van der Waals surface area contributed by atoms with E-state index < -0.39 is 0 Å². The third-order valence-electron chi connectivity index (χ3n) is 1.86. The SMILES string of the molecule is Cc1cncc(-n2nncc2CCl)c1. The summed E-state index contributed by atoms with van der Waals surface area (Å²) >= 11 is 5.74. The van der Waals surface area contributed by atoms with E-state index in [1.165, 1.54) is 0 Å². The summed E-state index contributed by atoms with van der Waals surface area (Å²) in [6.45, 7) is 1.98. The zero-order chi connectivity index (χ0) is 9.97. The number of hydrogen-bond acceptors (Lipinski definition) is 3. The van der Waals surface area contributed by atoms with Gasteiger partial charge in [-0.2, -0.15) is 0 Å². The normalized spacial score (nSPS) is 10.4. The minimum absolute atomic E-state index is 0.390. The second kappa shape index (κ2) is 3.75. The third kappa shape index (κ3) is 1.61. The number of aromatic nitrogens is 4. The lowest BCUT2D eigenvalue weighted by Crippen LogP contribution is -2.01. The molecule has 0 aliphatic carbocycles. The van der Waals surface area contributed by atoms with Crippen molar-refractivity contribution in [3.63, 3.8) is 0 Å². The fourth-order valence-corrected chi connectivity index (χ4v) is 1.40. The molecule has 0 saturated carbocycles. The Hall–Kier alpha value is -1.42. The van der Waals surface area contributed by atoms with Crippen LogP contribution in [0.4, 0.5) is 0 Å². The Morgan fingerprint density at radius 2 is 2.21 bits per heavy atom. The van der Waals surface area contributed by atoms with Crippen LogP contribution in [0.5, 0.6) is 0 Å². The van der Waals surface area contributed by atoms with Gasteiger partial charge in [-0.15, -0.1) is 16.7 Å². The van der Waals surface area contributed by atoms with E-state index in [0.29, 0.717) is 5.88 Å². The number of aryl methyl sites for hydroxylation is 1. The second-order valence-corrected chi connectivity index (χ2v) is 3.26. The Labute approximate surface area is 86.5 Å². The maximum atomic E-state index is 5.74. The Balaban J connectivity index is 2.49. The molecule has 0 fully saturated rings. The molecule has 2 aromatic rings. The molecular weight excluding hydrogens is 200 g/mol. The Morgan fingerprint density at radius 1 is 1.36 bits per heavy atom. The summed E-state index contributed by atoms with van der Waals surface area (Å²) in [5.74, 6) is 0.390. The minimum atomic E-state index is 0.390. The first kappa shape index (κ1) is 9.15. The molecule has 0 aliphatic rings. The zero-order valence-electron chi connectivity index (χ0n) is 7.68. The molecule has 14 heavy (non-hydrogen) atoms. The number of rotatable bonds is 2. The average Bonchev–Trinajstić information content (AvgIpc) is 2.65. The highest BCUT2D eigenvalue weighted by molar-refractivity contribution is 6.16. The van der Waals surface area contributed by atoms with Gasteiger partial charge in [0.05, 0.1) is 29.7 Å². The van der Waals surface area contributed by atoms with Crippen molar-refractivity contribution in [2.75, 3.05) is 0 Å². The lowest BCUT2D eigenvalue weighted by molar-refractivity contribution is 0.777. The molecule has 2 rings (SSSR count). The highest BCUT2D eigenvalue weighted by Crippen LogP contribution is 2.10. The van der Waals surface area contributed by atoms with Crippen molar-refractivity contribution < 1.29 is 0 Å².